The molecule has 2 bridgehead atoms. The van der Waals surface area contributed by atoms with Crippen LogP contribution in [0.3, 0.4) is 0 Å². The summed E-state index contributed by atoms with van der Waals surface area (Å²) in [4.78, 5) is 37.6. The summed E-state index contributed by atoms with van der Waals surface area (Å²) in [5.41, 5.74) is 0. The molecular formula is C16H16Cl6O10. The van der Waals surface area contributed by atoms with E-state index >= 15 is 0 Å². The van der Waals surface area contributed by atoms with Gasteiger partial charge < -0.3 is 30.6 Å². The van der Waals surface area contributed by atoms with Crippen LogP contribution in [0.25, 0.3) is 0 Å². The molecule has 1 fully saturated rings. The molecule has 2 aliphatic rings. The molecule has 0 saturated heterocycles. The van der Waals surface area contributed by atoms with E-state index in [4.69, 9.17) is 90.0 Å². The minimum Gasteiger partial charge on any atom is -0.481 e. The Morgan fingerprint density at radius 3 is 1.25 bits per heavy atom. The van der Waals surface area contributed by atoms with Gasteiger partial charge in [0.2, 0.25) is 0 Å². The molecule has 6 N–H and O–H groups in total. The van der Waals surface area contributed by atoms with Crippen molar-refractivity contribution in [1.82, 2.24) is 0 Å². The Hall–Kier alpha value is -0.980. The monoisotopic (exact) mass is 578 g/mol. The first-order valence-corrected chi connectivity index (χ1v) is 10.3. The normalized spacial score (nSPS) is 30.7. The van der Waals surface area contributed by atoms with Crippen LogP contribution in [-0.4, -0.2) is 81.3 Å². The number of carboxylic acids is 4. The summed E-state index contributed by atoms with van der Waals surface area (Å²) in [6.07, 6.45) is 0.556. The van der Waals surface area contributed by atoms with Crippen LogP contribution in [0.4, 0.5) is 0 Å². The molecule has 182 valence electrons. The van der Waals surface area contributed by atoms with Gasteiger partial charge in [0, 0.05) is 12.2 Å². The molecule has 1 saturated carbocycles. The van der Waals surface area contributed by atoms with Crippen LogP contribution in [0.5, 0.6) is 0 Å². The minimum atomic E-state index is -2.18. The molecule has 0 amide bonds. The van der Waals surface area contributed by atoms with Crippen LogP contribution >= 0.6 is 69.6 Å². The van der Waals surface area contributed by atoms with Gasteiger partial charge in [0.1, 0.15) is 9.75 Å². The van der Waals surface area contributed by atoms with E-state index in [1.807, 2.05) is 0 Å². The average Bonchev–Trinajstić information content (AvgIpc) is 2.87. The number of halogens is 6. The van der Waals surface area contributed by atoms with Gasteiger partial charge in [-0.15, -0.1) is 23.2 Å². The number of carboxylic acid groups (broad SMARTS) is 4. The van der Waals surface area contributed by atoms with Crippen molar-refractivity contribution < 1.29 is 49.8 Å². The van der Waals surface area contributed by atoms with Gasteiger partial charge in [0.15, 0.2) is 4.33 Å². The maximum absolute atomic E-state index is 11.3. The van der Waals surface area contributed by atoms with Crippen molar-refractivity contribution in [3.8, 4) is 0 Å². The average molecular weight is 581 g/mol. The van der Waals surface area contributed by atoms with Crippen molar-refractivity contribution in [2.24, 2.45) is 11.8 Å². The van der Waals surface area contributed by atoms with E-state index in [9.17, 15) is 29.4 Å². The lowest BCUT2D eigenvalue weighted by Gasteiger charge is -2.31. The summed E-state index contributed by atoms with van der Waals surface area (Å²) in [6, 6.07) is 0. The number of aliphatic hydroxyl groups is 2. The molecule has 0 radical (unpaired) electrons. The summed E-state index contributed by atoms with van der Waals surface area (Å²) >= 11 is 36.2. The second-order valence-corrected chi connectivity index (χ2v) is 9.57. The highest BCUT2D eigenvalue weighted by atomic mass is 35.5. The van der Waals surface area contributed by atoms with Crippen molar-refractivity contribution >= 4 is 93.5 Å². The second-order valence-electron chi connectivity index (χ2n) is 6.30. The van der Waals surface area contributed by atoms with E-state index in [1.54, 1.807) is 0 Å². The maximum Gasteiger partial charge on any atom is 0.328 e. The van der Waals surface area contributed by atoms with Gasteiger partial charge >= 0.3 is 23.9 Å². The van der Waals surface area contributed by atoms with E-state index < -0.39 is 55.9 Å². The first kappa shape index (κ1) is 31.0. The highest BCUT2D eigenvalue weighted by Crippen LogP contribution is 2.76. The summed E-state index contributed by atoms with van der Waals surface area (Å²) in [5, 5.41) is 49.4. The van der Waals surface area contributed by atoms with Crippen molar-refractivity contribution in [2.45, 2.75) is 27.1 Å². The number of rotatable bonds is 5. The van der Waals surface area contributed by atoms with Crippen molar-refractivity contribution in [2.75, 3.05) is 6.61 Å². The van der Waals surface area contributed by atoms with Gasteiger partial charge in [-0.2, -0.15) is 0 Å². The quantitative estimate of drug-likeness (QED) is 0.208. The van der Waals surface area contributed by atoms with Crippen molar-refractivity contribution in [3.63, 3.8) is 0 Å². The van der Waals surface area contributed by atoms with Gasteiger partial charge in [-0.05, 0) is 6.92 Å². The number of carbonyl (C=O) groups is 4. The van der Waals surface area contributed by atoms with Crippen LogP contribution < -0.4 is 0 Å². The number of hydrogen-bond acceptors (Lipinski definition) is 6. The van der Waals surface area contributed by atoms with E-state index in [1.165, 1.54) is 6.92 Å². The largest absolute Gasteiger partial charge is 0.481 e. The number of aliphatic hydroxyl groups excluding tert-OH is 2. The molecule has 0 aromatic rings. The van der Waals surface area contributed by atoms with Crippen molar-refractivity contribution in [1.29, 1.82) is 0 Å². The third-order valence-corrected chi connectivity index (χ3v) is 8.36. The van der Waals surface area contributed by atoms with Gasteiger partial charge in [-0.3, -0.25) is 9.59 Å². The molecule has 2 rings (SSSR count). The number of allylic oxidation sites excluding steroid dienone is 2. The summed E-state index contributed by atoms with van der Waals surface area (Å²) in [6.45, 7) is 1.39. The number of aliphatic carboxylic acids is 4. The lowest BCUT2D eigenvalue weighted by atomic mass is 9.82. The molecule has 0 aromatic carbocycles. The third-order valence-electron chi connectivity index (χ3n) is 4.10. The van der Waals surface area contributed by atoms with Gasteiger partial charge in [-0.1, -0.05) is 46.4 Å². The molecule has 5 unspecified atom stereocenters. The lowest BCUT2D eigenvalue weighted by molar-refractivity contribution is -0.153. The highest BCUT2D eigenvalue weighted by Gasteiger charge is 2.85. The third kappa shape index (κ3) is 5.56. The Labute approximate surface area is 210 Å². The summed E-state index contributed by atoms with van der Waals surface area (Å²) < 4.78 is -2.18. The molecule has 32 heavy (non-hydrogen) atoms. The molecular weight excluding hydrogens is 565 g/mol. The summed E-state index contributed by atoms with van der Waals surface area (Å²) in [7, 11) is 0. The van der Waals surface area contributed by atoms with Crippen LogP contribution in [-0.2, 0) is 19.2 Å². The second kappa shape index (κ2) is 11.4. The van der Waals surface area contributed by atoms with Gasteiger partial charge in [0.25, 0.3) is 0 Å². The fourth-order valence-electron chi connectivity index (χ4n) is 2.75. The molecule has 0 aliphatic heterocycles. The molecule has 0 spiro atoms. The van der Waals surface area contributed by atoms with Gasteiger partial charge in [0.05, 0.1) is 34.6 Å². The molecule has 5 atom stereocenters. The molecule has 0 heterocycles. The number of alkyl halides is 4. The number of hydrogen-bond donors (Lipinski definition) is 6. The van der Waals surface area contributed by atoms with E-state index in [0.29, 0.717) is 12.2 Å². The molecule has 10 nitrogen and oxygen atoms in total. The Kier molecular flexibility index (Phi) is 11.1. The van der Waals surface area contributed by atoms with E-state index in [2.05, 4.69) is 0 Å². The standard InChI is InChI=1S/C9H4Cl6O4.C4H4O4.C3H8O2/c10-3-4(11)8(13)2(6(18)19)1(5(16)17)7(3,12)9(8,14)15;5-3(6)1-2-4(7)8;1-3(5)2-4/h1-2H,(H,16,17)(H,18,19);1-2H,(H,5,6)(H,7,8);3-5H,2H2,1H3/b;2-1+;. The minimum absolute atomic E-state index is 0.139. The van der Waals surface area contributed by atoms with Gasteiger partial charge in [-0.25, -0.2) is 9.59 Å². The van der Waals surface area contributed by atoms with E-state index in [0.717, 1.165) is 0 Å². The maximum atomic E-state index is 11.3. The molecule has 2 aliphatic carbocycles. The Morgan fingerprint density at radius 1 is 0.844 bits per heavy atom. The zero-order valence-corrected chi connectivity index (χ0v) is 20.2. The van der Waals surface area contributed by atoms with E-state index in [-0.39, 0.29) is 16.7 Å². The van der Waals surface area contributed by atoms with Crippen LogP contribution in [0.15, 0.2) is 22.2 Å². The first-order valence-electron chi connectivity index (χ1n) is 8.05. The lowest BCUT2D eigenvalue weighted by Crippen LogP contribution is -2.45. The summed E-state index contributed by atoms with van der Waals surface area (Å²) in [5.74, 6) is -9.00. The zero-order valence-electron chi connectivity index (χ0n) is 15.7. The first-order chi connectivity index (χ1) is 14.3. The predicted molar refractivity (Wildman–Crippen MR) is 116 cm³/mol. The topological polar surface area (TPSA) is 190 Å². The smallest absolute Gasteiger partial charge is 0.328 e. The van der Waals surface area contributed by atoms with Crippen LogP contribution in [0.2, 0.25) is 0 Å². The predicted octanol–water partition coefficient (Wildman–Crippen LogP) is 2.30. The zero-order chi connectivity index (χ0) is 25.8. The highest BCUT2D eigenvalue weighted by molar-refractivity contribution is 6.66. The SMILES string of the molecule is CC(O)CO.O=C(O)/C=C/C(=O)O.O=C(O)C1C(C(=O)O)C2(Cl)C(Cl)=C(Cl)C1(Cl)C2(Cl)Cl. The fraction of sp³-hybridized carbons (Fsp3) is 0.500. The van der Waals surface area contributed by atoms with Crippen LogP contribution in [0, 0.1) is 11.8 Å². The Balaban J connectivity index is 0.000000613. The number of fused-ring (bicyclic) bond motifs is 2. The Morgan fingerprint density at radius 2 is 1.09 bits per heavy atom. The molecule has 0 aromatic heterocycles. The molecule has 16 heteroatoms. The van der Waals surface area contributed by atoms with Crippen molar-refractivity contribution in [3.05, 3.63) is 22.2 Å². The Bertz CT molecular complexity index is 781. The van der Waals surface area contributed by atoms with Crippen LogP contribution in [0.1, 0.15) is 6.92 Å². The fourth-order valence-corrected chi connectivity index (χ4v) is 5.68.